The molecule has 13 nitrogen and oxygen atoms in total. The van der Waals surface area contributed by atoms with Gasteiger partial charge in [-0.25, -0.2) is 17.8 Å². The van der Waals surface area contributed by atoms with Crippen molar-refractivity contribution in [1.82, 2.24) is 24.9 Å². The Morgan fingerprint density at radius 2 is 1.84 bits per heavy atom. The molecule has 3 N–H and O–H groups in total. The first-order valence-electron chi connectivity index (χ1n) is 18.5. The summed E-state index contributed by atoms with van der Waals surface area (Å²) in [7, 11) is -3.92. The molecular weight excluding hydrogens is 795 g/mol. The molecule has 0 spiro atoms. The molecule has 0 bridgehead atoms. The molecule has 1 saturated heterocycles. The fourth-order valence-corrected chi connectivity index (χ4v) is 9.61. The van der Waals surface area contributed by atoms with E-state index >= 15 is 0 Å². The molecule has 2 saturated carbocycles. The number of fused-ring (bicyclic) bond motifs is 3. The SMILES string of the molecule is C=C[C@@H]1C[C@]1(NC(=O)[C@@H]1C[C@@H](Oc2nc(-c3ccc(Cl)s3)nc3c2oc2ccccc23)CN1C(=O)[C@@H](Nc1ccc(F)cc1)C(C)(C)C)C(=O)NS(=O)(=O)C1CC1. The lowest BCUT2D eigenvalue weighted by Crippen LogP contribution is -2.58. The van der Waals surface area contributed by atoms with E-state index in [0.717, 1.165) is 5.39 Å². The molecule has 0 radical (unpaired) electrons. The molecule has 3 aromatic heterocycles. The minimum absolute atomic E-state index is 0.0201. The number of likely N-dealkylation sites (tertiary alicyclic amines) is 1. The highest BCUT2D eigenvalue weighted by Crippen LogP contribution is 2.46. The maximum absolute atomic E-state index is 14.8. The number of hydrogen-bond acceptors (Lipinski definition) is 11. The van der Waals surface area contributed by atoms with Crippen molar-refractivity contribution in [3.8, 4) is 16.6 Å². The second-order valence-electron chi connectivity index (χ2n) is 15.8. The smallest absolute Gasteiger partial charge is 0.262 e. The molecule has 1 aliphatic heterocycles. The van der Waals surface area contributed by atoms with Gasteiger partial charge in [-0.15, -0.1) is 17.9 Å². The second-order valence-corrected chi connectivity index (χ2v) is 19.5. The van der Waals surface area contributed by atoms with E-state index in [1.54, 1.807) is 18.2 Å². The Labute approximate surface area is 337 Å². The molecule has 5 aromatic rings. The first-order valence-corrected chi connectivity index (χ1v) is 21.3. The van der Waals surface area contributed by atoms with Gasteiger partial charge in [0.2, 0.25) is 27.4 Å². The third-order valence-electron chi connectivity index (χ3n) is 10.6. The third kappa shape index (κ3) is 7.57. The van der Waals surface area contributed by atoms with Crippen LogP contribution in [0.4, 0.5) is 10.1 Å². The van der Waals surface area contributed by atoms with Crippen molar-refractivity contribution in [1.29, 1.82) is 0 Å². The zero-order valence-corrected chi connectivity index (χ0v) is 33.6. The van der Waals surface area contributed by atoms with Gasteiger partial charge in [0.15, 0.2) is 5.82 Å². The topological polar surface area (TPSA) is 173 Å². The number of nitrogens with zero attached hydrogens (tertiary/aromatic N) is 3. The van der Waals surface area contributed by atoms with Crippen LogP contribution < -0.4 is 20.1 Å². The molecule has 8 rings (SSSR count). The predicted molar refractivity (Wildman–Crippen MR) is 215 cm³/mol. The number of para-hydroxylation sites is 1. The minimum atomic E-state index is -3.92. The van der Waals surface area contributed by atoms with Crippen LogP contribution in [0.2, 0.25) is 4.34 Å². The van der Waals surface area contributed by atoms with Gasteiger partial charge in [-0.1, -0.05) is 50.6 Å². The highest BCUT2D eigenvalue weighted by atomic mass is 35.5. The van der Waals surface area contributed by atoms with Gasteiger partial charge in [-0.05, 0) is 73.2 Å². The van der Waals surface area contributed by atoms with Crippen molar-refractivity contribution in [2.75, 3.05) is 11.9 Å². The van der Waals surface area contributed by atoms with Gasteiger partial charge in [0, 0.05) is 23.4 Å². The molecular formula is C40H40ClFN6O7S2. The summed E-state index contributed by atoms with van der Waals surface area (Å²) in [5, 5.41) is 6.13. The fraction of sp³-hybridized carbons (Fsp3) is 0.375. The van der Waals surface area contributed by atoms with Gasteiger partial charge in [0.1, 0.15) is 40.6 Å². The van der Waals surface area contributed by atoms with Crippen LogP contribution in [0, 0.1) is 17.2 Å². The predicted octanol–water partition coefficient (Wildman–Crippen LogP) is 6.44. The summed E-state index contributed by atoms with van der Waals surface area (Å²) >= 11 is 7.57. The Balaban J connectivity index is 1.14. The Morgan fingerprint density at radius 3 is 2.49 bits per heavy atom. The molecule has 4 heterocycles. The third-order valence-corrected chi connectivity index (χ3v) is 13.7. The molecule has 2 aromatic carbocycles. The van der Waals surface area contributed by atoms with E-state index in [9.17, 15) is 27.2 Å². The molecule has 5 atom stereocenters. The summed E-state index contributed by atoms with van der Waals surface area (Å²) in [6, 6.07) is 14.4. The largest absolute Gasteiger partial charge is 0.470 e. The lowest BCUT2D eigenvalue weighted by atomic mass is 9.85. The van der Waals surface area contributed by atoms with Gasteiger partial charge in [-0.2, -0.15) is 4.98 Å². The number of carbonyl (C=O) groups is 3. The van der Waals surface area contributed by atoms with E-state index in [0.29, 0.717) is 44.7 Å². The number of sulfonamides is 1. The standard InChI is InChI=1S/C40H40ClFN6O7S2/c1-5-21-19-40(21,38(51)47-57(52,53)25-14-15-25)46-35(49)27-18-24(20-48(27)37(50)33(39(2,3)4)43-23-12-10-22(42)11-13-23)54-36-32-31(26-8-6-7-9-28(26)55-32)44-34(45-36)29-16-17-30(41)56-29/h5-13,16-17,21,24-25,27,33,43H,1,14-15,18-20H2,2-4H3,(H,46,49)(H,47,51)/t21-,24-,27+,33-,40-/m1/s1. The molecule has 17 heteroatoms. The summed E-state index contributed by atoms with van der Waals surface area (Å²) in [4.78, 5) is 54.5. The van der Waals surface area contributed by atoms with Crippen LogP contribution in [0.25, 0.3) is 32.8 Å². The molecule has 298 valence electrons. The Kier molecular flexibility index (Phi) is 9.80. The first-order chi connectivity index (χ1) is 27.1. The van der Waals surface area contributed by atoms with Crippen LogP contribution in [0.5, 0.6) is 5.88 Å². The summed E-state index contributed by atoms with van der Waals surface area (Å²) in [5.74, 6) is -2.51. The number of furan rings is 1. The zero-order chi connectivity index (χ0) is 40.4. The number of benzene rings is 2. The number of hydrogen-bond donors (Lipinski definition) is 3. The number of nitrogens with one attached hydrogen (secondary N) is 3. The van der Waals surface area contributed by atoms with E-state index in [2.05, 4.69) is 21.9 Å². The van der Waals surface area contributed by atoms with Crippen LogP contribution in [-0.2, 0) is 24.4 Å². The summed E-state index contributed by atoms with van der Waals surface area (Å²) in [5.41, 5.74) is -0.455. The van der Waals surface area contributed by atoms with Gasteiger partial charge in [0.25, 0.3) is 11.8 Å². The van der Waals surface area contributed by atoms with Crippen LogP contribution >= 0.6 is 22.9 Å². The van der Waals surface area contributed by atoms with Crippen LogP contribution in [0.1, 0.15) is 46.5 Å². The van der Waals surface area contributed by atoms with Crippen molar-refractivity contribution < 1.29 is 36.3 Å². The van der Waals surface area contributed by atoms with Crippen molar-refractivity contribution in [2.24, 2.45) is 11.3 Å². The number of thiophene rings is 1. The van der Waals surface area contributed by atoms with Gasteiger partial charge >= 0.3 is 0 Å². The Hall–Kier alpha value is -5.06. The summed E-state index contributed by atoms with van der Waals surface area (Å²) in [6.45, 7) is 9.31. The monoisotopic (exact) mass is 834 g/mol. The Morgan fingerprint density at radius 1 is 1.11 bits per heavy atom. The van der Waals surface area contributed by atoms with Crippen molar-refractivity contribution in [3.05, 3.63) is 83.5 Å². The molecule has 57 heavy (non-hydrogen) atoms. The molecule has 2 aliphatic carbocycles. The average Bonchev–Trinajstić information content (AvgIpc) is 4.01. The molecule has 3 fully saturated rings. The highest BCUT2D eigenvalue weighted by molar-refractivity contribution is 7.91. The lowest BCUT2D eigenvalue weighted by Gasteiger charge is -2.36. The van der Waals surface area contributed by atoms with E-state index < -0.39 is 73.9 Å². The van der Waals surface area contributed by atoms with Crippen LogP contribution in [-0.4, -0.2) is 76.5 Å². The number of amides is 3. The van der Waals surface area contributed by atoms with E-state index in [1.165, 1.54) is 46.6 Å². The van der Waals surface area contributed by atoms with Gasteiger partial charge in [-0.3, -0.25) is 19.1 Å². The number of rotatable bonds is 12. The van der Waals surface area contributed by atoms with Crippen molar-refractivity contribution in [3.63, 3.8) is 0 Å². The van der Waals surface area contributed by atoms with Crippen LogP contribution in [0.3, 0.4) is 0 Å². The molecule has 3 aliphatic rings. The van der Waals surface area contributed by atoms with E-state index in [-0.39, 0.29) is 30.8 Å². The number of ether oxygens (including phenoxy) is 1. The molecule has 3 amide bonds. The average molecular weight is 835 g/mol. The first kappa shape index (κ1) is 38.8. The van der Waals surface area contributed by atoms with Crippen molar-refractivity contribution >= 4 is 78.4 Å². The maximum Gasteiger partial charge on any atom is 0.262 e. The quantitative estimate of drug-likeness (QED) is 0.119. The highest BCUT2D eigenvalue weighted by Gasteiger charge is 2.62. The summed E-state index contributed by atoms with van der Waals surface area (Å²) < 4.78 is 54.9. The van der Waals surface area contributed by atoms with Gasteiger partial charge < -0.3 is 24.7 Å². The number of carbonyl (C=O) groups excluding carboxylic acids is 3. The van der Waals surface area contributed by atoms with Crippen LogP contribution in [0.15, 0.2) is 77.7 Å². The minimum Gasteiger partial charge on any atom is -0.470 e. The number of aromatic nitrogens is 2. The van der Waals surface area contributed by atoms with E-state index in [4.69, 9.17) is 30.7 Å². The summed E-state index contributed by atoms with van der Waals surface area (Å²) in [6.07, 6.45) is 1.70. The van der Waals surface area contributed by atoms with Crippen molar-refractivity contribution in [2.45, 2.75) is 75.4 Å². The maximum atomic E-state index is 14.8. The number of halogens is 2. The lowest BCUT2D eigenvalue weighted by molar-refractivity contribution is -0.141. The Bertz CT molecular complexity index is 2530. The second kappa shape index (κ2) is 14.4. The van der Waals surface area contributed by atoms with Gasteiger partial charge in [0.05, 0.1) is 21.0 Å². The number of anilines is 1. The zero-order valence-electron chi connectivity index (χ0n) is 31.3. The normalized spacial score (nSPS) is 22.6. The molecule has 0 unspecified atom stereocenters. The van der Waals surface area contributed by atoms with E-state index in [1.807, 2.05) is 39.0 Å². The fourth-order valence-electron chi connectivity index (χ4n) is 7.27.